The topological polar surface area (TPSA) is 52.6 Å². The third-order valence-electron chi connectivity index (χ3n) is 2.98. The monoisotopic (exact) mass is 184 g/mol. The summed E-state index contributed by atoms with van der Waals surface area (Å²) in [5, 5.41) is 0. The lowest BCUT2D eigenvalue weighted by atomic mass is 9.52. The predicted molar refractivity (Wildman–Crippen MR) is 42.7 cm³/mol. The molecule has 0 atom stereocenters. The van der Waals surface area contributed by atoms with Crippen molar-refractivity contribution in [2.24, 2.45) is 10.8 Å². The third kappa shape index (κ3) is 0.913. The minimum atomic E-state index is -0.970. The van der Waals surface area contributed by atoms with Gasteiger partial charge in [-0.2, -0.15) is 0 Å². The fraction of sp³-hybridized carbons (Fsp3) is 0.778. The van der Waals surface area contributed by atoms with Gasteiger partial charge in [0.2, 0.25) is 0 Å². The molecule has 3 aliphatic rings. The van der Waals surface area contributed by atoms with Gasteiger partial charge in [0.05, 0.1) is 13.7 Å². The Kier molecular flexibility index (Phi) is 1.47. The van der Waals surface area contributed by atoms with E-state index in [9.17, 15) is 9.59 Å². The molecule has 1 aliphatic carbocycles. The number of carbonyl (C=O) groups excluding carboxylic acids is 2. The lowest BCUT2D eigenvalue weighted by Gasteiger charge is -2.54. The Labute approximate surface area is 76.2 Å². The maximum Gasteiger partial charge on any atom is 0.323 e. The molecular weight excluding hydrogens is 172 g/mol. The van der Waals surface area contributed by atoms with E-state index in [1.165, 1.54) is 7.11 Å². The van der Waals surface area contributed by atoms with Gasteiger partial charge in [-0.15, -0.1) is 0 Å². The van der Waals surface area contributed by atoms with Crippen LogP contribution in [-0.2, 0) is 19.1 Å². The van der Waals surface area contributed by atoms with Crippen molar-refractivity contribution in [2.75, 3.05) is 13.7 Å². The molecule has 0 N–H and O–H groups in total. The molecule has 2 heterocycles. The summed E-state index contributed by atoms with van der Waals surface area (Å²) in [5.74, 6) is -0.863. The average Bonchev–Trinajstić information content (AvgIpc) is 2.06. The molecule has 4 heteroatoms. The molecule has 0 aromatic carbocycles. The highest BCUT2D eigenvalue weighted by Gasteiger charge is 2.66. The number of methoxy groups -OCH3 is 1. The Hall–Kier alpha value is -1.06. The van der Waals surface area contributed by atoms with Gasteiger partial charge in [-0.1, -0.05) is 6.92 Å². The first-order chi connectivity index (χ1) is 6.02. The molecule has 4 nitrogen and oxygen atoms in total. The van der Waals surface area contributed by atoms with Crippen LogP contribution in [0.1, 0.15) is 19.8 Å². The van der Waals surface area contributed by atoms with Gasteiger partial charge < -0.3 is 9.47 Å². The van der Waals surface area contributed by atoms with E-state index in [0.717, 1.165) is 0 Å². The zero-order chi connectivity index (χ0) is 9.69. The van der Waals surface area contributed by atoms with Crippen LogP contribution in [0.3, 0.4) is 0 Å². The molecule has 72 valence electrons. The minimum absolute atomic E-state index is 0.00208. The zero-order valence-electron chi connectivity index (χ0n) is 7.75. The normalized spacial score (nSPS) is 41.8. The number of hydrogen-bond acceptors (Lipinski definition) is 4. The smallest absolute Gasteiger partial charge is 0.323 e. The van der Waals surface area contributed by atoms with Gasteiger partial charge in [0.1, 0.15) is 0 Å². The SMILES string of the molecule is COC(=O)C12CC(C)(COC1=O)C2. The molecule has 0 amide bonds. The number of hydrogen-bond donors (Lipinski definition) is 0. The first-order valence-electron chi connectivity index (χ1n) is 4.28. The van der Waals surface area contributed by atoms with E-state index in [0.29, 0.717) is 19.4 Å². The van der Waals surface area contributed by atoms with Gasteiger partial charge in [-0.05, 0) is 12.8 Å². The van der Waals surface area contributed by atoms with E-state index in [2.05, 4.69) is 4.74 Å². The van der Waals surface area contributed by atoms with Crippen molar-refractivity contribution in [3.8, 4) is 0 Å². The third-order valence-corrected chi connectivity index (χ3v) is 2.98. The van der Waals surface area contributed by atoms with Gasteiger partial charge in [-0.25, -0.2) is 0 Å². The van der Waals surface area contributed by atoms with Crippen molar-refractivity contribution in [2.45, 2.75) is 19.8 Å². The van der Waals surface area contributed by atoms with Crippen molar-refractivity contribution in [3.63, 3.8) is 0 Å². The Morgan fingerprint density at radius 3 is 2.69 bits per heavy atom. The van der Waals surface area contributed by atoms with Crippen LogP contribution in [-0.4, -0.2) is 25.7 Å². The highest BCUT2D eigenvalue weighted by atomic mass is 16.6. The van der Waals surface area contributed by atoms with Crippen molar-refractivity contribution in [3.05, 3.63) is 0 Å². The molecule has 0 spiro atoms. The quantitative estimate of drug-likeness (QED) is 0.440. The number of esters is 2. The second kappa shape index (κ2) is 2.25. The maximum atomic E-state index is 11.4. The van der Waals surface area contributed by atoms with Crippen LogP contribution >= 0.6 is 0 Å². The van der Waals surface area contributed by atoms with Gasteiger partial charge in [0.25, 0.3) is 0 Å². The van der Waals surface area contributed by atoms with Crippen molar-refractivity contribution in [1.29, 1.82) is 0 Å². The Morgan fingerprint density at radius 1 is 1.54 bits per heavy atom. The van der Waals surface area contributed by atoms with Crippen LogP contribution in [0.25, 0.3) is 0 Å². The molecule has 3 fully saturated rings. The Bertz CT molecular complexity index is 265. The van der Waals surface area contributed by atoms with Crippen LogP contribution < -0.4 is 0 Å². The molecule has 2 saturated heterocycles. The molecular formula is C9H12O4. The molecule has 2 aliphatic heterocycles. The summed E-state index contributed by atoms with van der Waals surface area (Å²) in [6, 6.07) is 0. The zero-order valence-corrected chi connectivity index (χ0v) is 7.75. The van der Waals surface area contributed by atoms with Crippen LogP contribution in [0.15, 0.2) is 0 Å². The molecule has 3 rings (SSSR count). The van der Waals surface area contributed by atoms with E-state index in [1.807, 2.05) is 6.92 Å². The van der Waals surface area contributed by atoms with E-state index in [4.69, 9.17) is 4.74 Å². The van der Waals surface area contributed by atoms with Gasteiger partial charge in [0, 0.05) is 5.41 Å². The summed E-state index contributed by atoms with van der Waals surface area (Å²) in [7, 11) is 1.30. The average molecular weight is 184 g/mol. The van der Waals surface area contributed by atoms with E-state index >= 15 is 0 Å². The summed E-state index contributed by atoms with van der Waals surface area (Å²) < 4.78 is 9.54. The molecule has 0 radical (unpaired) electrons. The second-order valence-corrected chi connectivity index (χ2v) is 4.31. The first-order valence-corrected chi connectivity index (χ1v) is 4.28. The van der Waals surface area contributed by atoms with Crippen LogP contribution in [0.4, 0.5) is 0 Å². The number of carbonyl (C=O) groups is 2. The lowest BCUT2D eigenvalue weighted by molar-refractivity contribution is -0.214. The highest BCUT2D eigenvalue weighted by Crippen LogP contribution is 2.58. The Morgan fingerprint density at radius 2 is 2.15 bits per heavy atom. The van der Waals surface area contributed by atoms with Crippen molar-refractivity contribution >= 4 is 11.9 Å². The largest absolute Gasteiger partial charge is 0.468 e. The fourth-order valence-corrected chi connectivity index (χ4v) is 2.45. The molecule has 0 unspecified atom stereocenters. The van der Waals surface area contributed by atoms with Crippen LogP contribution in [0, 0.1) is 10.8 Å². The first kappa shape index (κ1) is 8.53. The molecule has 0 aromatic rings. The molecule has 13 heavy (non-hydrogen) atoms. The van der Waals surface area contributed by atoms with Gasteiger partial charge in [-0.3, -0.25) is 9.59 Å². The number of rotatable bonds is 1. The number of fused-ring (bicyclic) bond motifs is 2. The molecule has 1 saturated carbocycles. The van der Waals surface area contributed by atoms with E-state index in [-0.39, 0.29) is 5.41 Å². The molecule has 2 bridgehead atoms. The fourth-order valence-electron chi connectivity index (χ4n) is 2.45. The summed E-state index contributed by atoms with van der Waals surface area (Å²) in [4.78, 5) is 22.7. The summed E-state index contributed by atoms with van der Waals surface area (Å²) in [6.45, 7) is 2.45. The summed E-state index contributed by atoms with van der Waals surface area (Å²) in [5.41, 5.74) is -0.968. The second-order valence-electron chi connectivity index (χ2n) is 4.31. The summed E-state index contributed by atoms with van der Waals surface area (Å²) in [6.07, 6.45) is 1.15. The van der Waals surface area contributed by atoms with E-state index < -0.39 is 17.4 Å². The molecule has 0 aromatic heterocycles. The van der Waals surface area contributed by atoms with Gasteiger partial charge in [0.15, 0.2) is 5.41 Å². The standard InChI is InChI=1S/C9H12O4/c1-8-3-9(4-8,6(10)12-2)7(11)13-5-8/h3-5H2,1-2H3. The minimum Gasteiger partial charge on any atom is -0.468 e. The lowest BCUT2D eigenvalue weighted by Crippen LogP contribution is -2.62. The Balaban J connectivity index is 2.25. The number of ether oxygens (including phenoxy) is 2. The van der Waals surface area contributed by atoms with Crippen LogP contribution in [0.5, 0.6) is 0 Å². The highest BCUT2D eigenvalue weighted by molar-refractivity contribution is 6.02. The van der Waals surface area contributed by atoms with E-state index in [1.54, 1.807) is 0 Å². The van der Waals surface area contributed by atoms with Crippen molar-refractivity contribution < 1.29 is 19.1 Å². The van der Waals surface area contributed by atoms with Gasteiger partial charge >= 0.3 is 11.9 Å². The van der Waals surface area contributed by atoms with Crippen LogP contribution in [0.2, 0.25) is 0 Å². The maximum absolute atomic E-state index is 11.4. The van der Waals surface area contributed by atoms with Crippen molar-refractivity contribution in [1.82, 2.24) is 0 Å². The predicted octanol–water partition coefficient (Wildman–Crippen LogP) is 0.503. The summed E-state index contributed by atoms with van der Waals surface area (Å²) >= 11 is 0.